The van der Waals surface area contributed by atoms with Gasteiger partial charge in [0, 0.05) is 55.6 Å². The molecule has 2 heterocycles. The van der Waals surface area contributed by atoms with Crippen LogP contribution in [0.15, 0.2) is 205 Å². The number of hydrogen-bond donors (Lipinski definition) is 0. The number of rotatable bonds is 26. The Balaban J connectivity index is 0.000000227. The monoisotopic (exact) mass is 1160 g/mol. The standard InChI is InChI=1S/2C28H29ClN3O3S.C4H4O4/c2*1-2-22-6-3-4-7-27(22)28(35-25-12-10-24(11-13-25)32(33)34)20-31-18-17-30(21-31)16-5-19-36-26-14-8-23(29)9-15-26;5-3(6)1-2-4(7)8/h2*3-4,6-15,17-18,21,28H,2,5,16,19-20H2,1H3;1-2H,(H,5,6)(H,7,8)/q2*+1;/p-2/b;;2-1-. The molecule has 0 radical (unpaired) electrons. The molecule has 0 amide bonds. The van der Waals surface area contributed by atoms with Gasteiger partial charge in [-0.15, -0.1) is 23.5 Å². The maximum absolute atomic E-state index is 11.0. The summed E-state index contributed by atoms with van der Waals surface area (Å²) in [6, 6.07) is 45.0. The number of aliphatic carboxylic acids is 2. The average molecular weight is 1160 g/mol. The van der Waals surface area contributed by atoms with Gasteiger partial charge in [0.05, 0.1) is 34.9 Å². The smallest absolute Gasteiger partial charge is 0.269 e. The topological polar surface area (TPSA) is 203 Å². The van der Waals surface area contributed by atoms with Gasteiger partial charge in [0.1, 0.15) is 49.4 Å². The van der Waals surface area contributed by atoms with Crippen LogP contribution in [0.25, 0.3) is 0 Å². The number of carbonyl (C=O) groups excluding carboxylic acids is 2. The molecule has 6 aromatic carbocycles. The van der Waals surface area contributed by atoms with Crippen LogP contribution in [0, 0.1) is 20.2 Å². The first-order chi connectivity index (χ1) is 38.7. The van der Waals surface area contributed by atoms with E-state index in [1.165, 1.54) is 45.2 Å². The fraction of sp³-hybridized carbons (Fsp3) is 0.233. The van der Waals surface area contributed by atoms with Gasteiger partial charge in [-0.2, -0.15) is 0 Å². The molecule has 0 aliphatic rings. The van der Waals surface area contributed by atoms with Gasteiger partial charge in [-0.25, -0.2) is 18.3 Å². The number of hydrogen-bond acceptors (Lipinski definition) is 12. The van der Waals surface area contributed by atoms with Crippen LogP contribution in [-0.4, -0.2) is 42.4 Å². The predicted octanol–water partition coefficient (Wildman–Crippen LogP) is 10.8. The third-order valence-corrected chi connectivity index (χ3v) is 14.8. The summed E-state index contributed by atoms with van der Waals surface area (Å²) in [5.41, 5.74) is 4.80. The molecule has 0 bridgehead atoms. The first-order valence-corrected chi connectivity index (χ1v) is 28.3. The summed E-state index contributed by atoms with van der Waals surface area (Å²) in [4.78, 5) is 42.5. The molecule has 2 atom stereocenters. The Kier molecular flexibility index (Phi) is 24.7. The number of halogens is 2. The summed E-state index contributed by atoms with van der Waals surface area (Å²) in [7, 11) is 0. The summed E-state index contributed by atoms with van der Waals surface area (Å²) in [5.74, 6) is 0.167. The number of non-ortho nitro benzene ring substituents is 2. The molecular weight excluding hydrogens is 1100 g/mol. The van der Waals surface area contributed by atoms with Gasteiger partial charge in [-0.1, -0.05) is 85.6 Å². The lowest BCUT2D eigenvalue weighted by molar-refractivity contribution is -0.703. The van der Waals surface area contributed by atoms with Crippen molar-refractivity contribution in [1.82, 2.24) is 9.13 Å². The van der Waals surface area contributed by atoms with Gasteiger partial charge in [0.2, 0.25) is 12.7 Å². The molecule has 0 saturated carbocycles. The number of carboxylic acids is 2. The zero-order valence-corrected chi connectivity index (χ0v) is 47.2. The molecular formula is C60H60Cl2N6O10S2. The van der Waals surface area contributed by atoms with Crippen LogP contribution < -0.4 is 28.8 Å². The van der Waals surface area contributed by atoms with E-state index in [1.807, 2.05) is 72.1 Å². The molecule has 0 saturated heterocycles. The number of carbonyl (C=O) groups is 2. The maximum atomic E-state index is 11.0. The Hall–Kier alpha value is -7.90. The normalized spacial score (nSPS) is 11.6. The molecule has 80 heavy (non-hydrogen) atoms. The third-order valence-electron chi connectivity index (χ3n) is 12.1. The molecule has 416 valence electrons. The van der Waals surface area contributed by atoms with Gasteiger partial charge in [0.25, 0.3) is 11.4 Å². The number of aromatic nitrogens is 4. The number of nitrogens with zero attached hydrogens (tertiary/aromatic N) is 6. The van der Waals surface area contributed by atoms with Crippen LogP contribution in [0.5, 0.6) is 11.5 Å². The number of aryl methyl sites for hydroxylation is 4. The van der Waals surface area contributed by atoms with Crippen LogP contribution in [-0.2, 0) is 48.6 Å². The first-order valence-electron chi connectivity index (χ1n) is 25.6. The Morgan fingerprint density at radius 3 is 1.26 bits per heavy atom. The number of benzene rings is 6. The van der Waals surface area contributed by atoms with E-state index in [0.717, 1.165) is 71.5 Å². The van der Waals surface area contributed by atoms with Gasteiger partial charge in [0.15, 0.2) is 12.2 Å². The van der Waals surface area contributed by atoms with Crippen molar-refractivity contribution < 1.29 is 48.3 Å². The second-order valence-corrected chi connectivity index (χ2v) is 21.0. The van der Waals surface area contributed by atoms with Gasteiger partial charge < -0.3 is 29.3 Å². The van der Waals surface area contributed by atoms with E-state index < -0.39 is 21.8 Å². The molecule has 8 rings (SSSR count). The van der Waals surface area contributed by atoms with Crippen molar-refractivity contribution in [1.29, 1.82) is 0 Å². The Labute approximate surface area is 483 Å². The number of carboxylic acid groups (broad SMARTS) is 2. The Morgan fingerprint density at radius 1 is 0.562 bits per heavy atom. The molecule has 0 aliphatic heterocycles. The second-order valence-electron chi connectivity index (χ2n) is 17.8. The van der Waals surface area contributed by atoms with E-state index in [0.29, 0.717) is 36.7 Å². The fourth-order valence-electron chi connectivity index (χ4n) is 8.17. The summed E-state index contributed by atoms with van der Waals surface area (Å²) < 4.78 is 21.4. The van der Waals surface area contributed by atoms with Crippen LogP contribution in [0.4, 0.5) is 11.4 Å². The number of imidazole rings is 2. The molecule has 2 aromatic heterocycles. The van der Waals surface area contributed by atoms with Crippen LogP contribution >= 0.6 is 46.7 Å². The maximum Gasteiger partial charge on any atom is 0.269 e. The van der Waals surface area contributed by atoms with Crippen molar-refractivity contribution in [2.45, 2.75) is 87.7 Å². The average Bonchev–Trinajstić information content (AvgIpc) is 4.13. The summed E-state index contributed by atoms with van der Waals surface area (Å²) in [6.07, 6.45) is 16.7. The highest BCUT2D eigenvalue weighted by Gasteiger charge is 2.23. The SMILES string of the molecule is CCc1ccccc1C(C[n+]1ccn(CCCSc2ccc(Cl)cc2)c1)Oc1ccc([N+](=O)[O-])cc1.CCc1ccccc1C(C[n+]1ccn(CCCSc2ccc(Cl)cc2)c1)Oc1ccc([N+](=O)[O-])cc1.O=C([O-])/C=C\C(=O)[O-]. The van der Waals surface area contributed by atoms with E-state index in [1.54, 1.807) is 24.3 Å². The lowest BCUT2D eigenvalue weighted by Gasteiger charge is -2.20. The minimum Gasteiger partial charge on any atom is -0.545 e. The van der Waals surface area contributed by atoms with Crippen molar-refractivity contribution in [2.75, 3.05) is 11.5 Å². The highest BCUT2D eigenvalue weighted by Crippen LogP contribution is 2.30. The quantitative estimate of drug-likeness (QED) is 0.0124. The van der Waals surface area contributed by atoms with Crippen molar-refractivity contribution >= 4 is 70.0 Å². The number of nitro benzene ring substituents is 2. The highest BCUT2D eigenvalue weighted by molar-refractivity contribution is 7.99. The fourth-order valence-corrected chi connectivity index (χ4v) is 10.1. The van der Waals surface area contributed by atoms with Crippen LogP contribution in [0.2, 0.25) is 10.0 Å². The lowest BCUT2D eigenvalue weighted by Crippen LogP contribution is -2.36. The third kappa shape index (κ3) is 20.7. The summed E-state index contributed by atoms with van der Waals surface area (Å²) >= 11 is 15.6. The molecule has 0 N–H and O–H groups in total. The minimum absolute atomic E-state index is 0.0496. The molecule has 0 fully saturated rings. The number of nitro groups is 2. The zero-order chi connectivity index (χ0) is 57.2. The highest BCUT2D eigenvalue weighted by atomic mass is 35.5. The van der Waals surface area contributed by atoms with Crippen LogP contribution in [0.1, 0.15) is 61.2 Å². The van der Waals surface area contributed by atoms with Crippen molar-refractivity contribution in [3.8, 4) is 11.5 Å². The molecule has 0 spiro atoms. The van der Waals surface area contributed by atoms with Gasteiger partial charge in [-0.3, -0.25) is 20.2 Å². The molecule has 2 unspecified atom stereocenters. The van der Waals surface area contributed by atoms with E-state index in [9.17, 15) is 40.0 Å². The summed E-state index contributed by atoms with van der Waals surface area (Å²) in [5, 5.41) is 42.4. The minimum atomic E-state index is -1.55. The van der Waals surface area contributed by atoms with Crippen molar-refractivity contribution in [3.63, 3.8) is 0 Å². The number of thioether (sulfide) groups is 2. The number of ether oxygens (including phenoxy) is 2. The molecule has 0 aliphatic carbocycles. The first kappa shape index (κ1) is 61.3. The Morgan fingerprint density at radius 2 is 0.925 bits per heavy atom. The predicted molar refractivity (Wildman–Crippen MR) is 307 cm³/mol. The van der Waals surface area contributed by atoms with Gasteiger partial charge in [-0.05, 0) is 133 Å². The van der Waals surface area contributed by atoms with Gasteiger partial charge >= 0.3 is 0 Å². The summed E-state index contributed by atoms with van der Waals surface area (Å²) in [6.45, 7) is 7.36. The second kappa shape index (κ2) is 32.2. The Bertz CT molecular complexity index is 3050. The van der Waals surface area contributed by atoms with E-state index in [-0.39, 0.29) is 23.6 Å². The van der Waals surface area contributed by atoms with E-state index in [4.69, 9.17) is 32.7 Å². The van der Waals surface area contributed by atoms with Crippen LogP contribution in [0.3, 0.4) is 0 Å². The zero-order valence-electron chi connectivity index (χ0n) is 44.0. The molecule has 20 heteroatoms. The lowest BCUT2D eigenvalue weighted by atomic mass is 10.00. The van der Waals surface area contributed by atoms with E-state index >= 15 is 0 Å². The van der Waals surface area contributed by atoms with E-state index in [2.05, 4.69) is 118 Å². The van der Waals surface area contributed by atoms with Crippen molar-refractivity contribution in [2.24, 2.45) is 0 Å². The largest absolute Gasteiger partial charge is 0.545 e. The molecule has 16 nitrogen and oxygen atoms in total. The molecule has 8 aromatic rings. The van der Waals surface area contributed by atoms with Crippen molar-refractivity contribution in [3.05, 3.63) is 248 Å².